The fourth-order valence-corrected chi connectivity index (χ4v) is 1.50. The van der Waals surface area contributed by atoms with Gasteiger partial charge in [-0.2, -0.15) is 0 Å². The molecule has 0 rings (SSSR count). The molecule has 0 unspecified atom stereocenters. The molecule has 59 valence electrons. The summed E-state index contributed by atoms with van der Waals surface area (Å²) >= 11 is 1.12. The zero-order valence-electron chi connectivity index (χ0n) is 6.76. The molecule has 0 heterocycles. The van der Waals surface area contributed by atoms with Gasteiger partial charge < -0.3 is 0 Å². The Morgan fingerprint density at radius 3 is 2.30 bits per heavy atom. The van der Waals surface area contributed by atoms with Crippen LogP contribution in [0.25, 0.3) is 0 Å². The lowest BCUT2D eigenvalue weighted by molar-refractivity contribution is 0.387. The van der Waals surface area contributed by atoms with Crippen molar-refractivity contribution in [1.29, 1.82) is 0 Å². The topological polar surface area (TPSA) is 20.3 Å². The molecule has 0 aliphatic heterocycles. The zero-order valence-corrected chi connectivity index (χ0v) is 7.57. The molecule has 0 aromatic heterocycles. The van der Waals surface area contributed by atoms with Crippen molar-refractivity contribution < 1.29 is 4.79 Å². The first-order valence-corrected chi connectivity index (χ1v) is 4.30. The second kappa shape index (κ2) is 5.74. The molecule has 0 bridgehead atoms. The van der Waals surface area contributed by atoms with Gasteiger partial charge in [-0.15, -0.1) is 0 Å². The first kappa shape index (κ1) is 9.98. The Balaban J connectivity index is 3.63. The van der Waals surface area contributed by atoms with Crippen molar-refractivity contribution in [1.82, 2.24) is 4.31 Å². The van der Waals surface area contributed by atoms with Gasteiger partial charge in [-0.25, -0.2) is 4.31 Å². The summed E-state index contributed by atoms with van der Waals surface area (Å²) in [6.45, 7) is 4.24. The smallest absolute Gasteiger partial charge is 0.276 e. The number of rotatable bonds is 5. The summed E-state index contributed by atoms with van der Waals surface area (Å²) in [5.74, 6) is 0. The second-order valence-electron chi connectivity index (χ2n) is 2.19. The SMILES string of the molecule is CCC(CC)N(C)S[C]=O. The highest BCUT2D eigenvalue weighted by atomic mass is 32.2. The van der Waals surface area contributed by atoms with E-state index in [9.17, 15) is 4.79 Å². The second-order valence-corrected chi connectivity index (χ2v) is 3.12. The normalized spacial score (nSPS) is 10.9. The molecule has 0 spiro atoms. The fraction of sp³-hybridized carbons (Fsp3) is 0.857. The van der Waals surface area contributed by atoms with Crippen LogP contribution in [0.4, 0.5) is 0 Å². The average Bonchev–Trinajstić information content (AvgIpc) is 1.91. The first-order valence-electron chi connectivity index (χ1n) is 3.53. The molecule has 2 nitrogen and oxygen atoms in total. The van der Waals surface area contributed by atoms with E-state index in [2.05, 4.69) is 13.8 Å². The molecule has 0 aliphatic rings. The highest BCUT2D eigenvalue weighted by Crippen LogP contribution is 2.13. The molecule has 0 aromatic carbocycles. The van der Waals surface area contributed by atoms with Gasteiger partial charge in [0.05, 0.1) is 0 Å². The third kappa shape index (κ3) is 3.22. The van der Waals surface area contributed by atoms with Crippen LogP contribution in [-0.4, -0.2) is 23.0 Å². The number of hydrogen-bond acceptors (Lipinski definition) is 3. The van der Waals surface area contributed by atoms with Gasteiger partial charge >= 0.3 is 0 Å². The largest absolute Gasteiger partial charge is 0.282 e. The van der Waals surface area contributed by atoms with E-state index in [4.69, 9.17) is 0 Å². The molecule has 1 radical (unpaired) electrons. The Bertz CT molecular complexity index is 93.6. The van der Waals surface area contributed by atoms with E-state index in [1.165, 1.54) is 0 Å². The first-order chi connectivity index (χ1) is 4.76. The van der Waals surface area contributed by atoms with Crippen LogP contribution < -0.4 is 0 Å². The van der Waals surface area contributed by atoms with Gasteiger partial charge in [-0.1, -0.05) is 13.8 Å². The minimum Gasteiger partial charge on any atom is -0.276 e. The molecule has 3 heteroatoms. The lowest BCUT2D eigenvalue weighted by Gasteiger charge is -2.21. The Morgan fingerprint density at radius 2 is 2.00 bits per heavy atom. The van der Waals surface area contributed by atoms with E-state index in [1.807, 2.05) is 17.0 Å². The van der Waals surface area contributed by atoms with Gasteiger partial charge in [-0.05, 0) is 19.9 Å². The molecule has 0 atom stereocenters. The molecule has 0 aliphatic carbocycles. The number of hydrogen-bond donors (Lipinski definition) is 0. The molecule has 0 fully saturated rings. The summed E-state index contributed by atoms with van der Waals surface area (Å²) in [5, 5.41) is 0. The maximum absolute atomic E-state index is 9.95. The highest BCUT2D eigenvalue weighted by Gasteiger charge is 2.09. The molecule has 0 saturated carbocycles. The van der Waals surface area contributed by atoms with Crippen LogP contribution in [-0.2, 0) is 4.79 Å². The zero-order chi connectivity index (χ0) is 7.98. The number of carbonyl (C=O) groups excluding carboxylic acids is 1. The van der Waals surface area contributed by atoms with Crippen molar-refractivity contribution in [2.24, 2.45) is 0 Å². The predicted octanol–water partition coefficient (Wildman–Crippen LogP) is 1.82. The van der Waals surface area contributed by atoms with Gasteiger partial charge in [0.2, 0.25) is 0 Å². The molecular formula is C7H14NOS. The molecule has 0 aromatic rings. The molecular weight excluding hydrogens is 146 g/mol. The van der Waals surface area contributed by atoms with E-state index < -0.39 is 0 Å². The van der Waals surface area contributed by atoms with Crippen LogP contribution >= 0.6 is 11.9 Å². The summed E-state index contributed by atoms with van der Waals surface area (Å²) in [6, 6.07) is 0.506. The maximum Gasteiger partial charge on any atom is 0.282 e. The van der Waals surface area contributed by atoms with Crippen molar-refractivity contribution in [3.8, 4) is 0 Å². The van der Waals surface area contributed by atoms with Crippen LogP contribution in [0.15, 0.2) is 0 Å². The quantitative estimate of drug-likeness (QED) is 0.572. The lowest BCUT2D eigenvalue weighted by atomic mass is 10.2. The van der Waals surface area contributed by atoms with Gasteiger partial charge in [0.1, 0.15) is 0 Å². The van der Waals surface area contributed by atoms with E-state index in [-0.39, 0.29) is 0 Å². The van der Waals surface area contributed by atoms with Crippen LogP contribution in [0.3, 0.4) is 0 Å². The average molecular weight is 160 g/mol. The van der Waals surface area contributed by atoms with E-state index in [1.54, 1.807) is 0 Å². The van der Waals surface area contributed by atoms with Crippen molar-refractivity contribution in [3.05, 3.63) is 0 Å². The van der Waals surface area contributed by atoms with Crippen molar-refractivity contribution in [3.63, 3.8) is 0 Å². The van der Waals surface area contributed by atoms with Crippen LogP contribution in [0.5, 0.6) is 0 Å². The minimum absolute atomic E-state index is 0.506. The van der Waals surface area contributed by atoms with Crippen molar-refractivity contribution >= 4 is 17.6 Å². The lowest BCUT2D eigenvalue weighted by Crippen LogP contribution is -2.23. The summed E-state index contributed by atoms with van der Waals surface area (Å²) in [4.78, 5) is 9.95. The van der Waals surface area contributed by atoms with Gasteiger partial charge in [0.25, 0.3) is 5.62 Å². The van der Waals surface area contributed by atoms with Gasteiger partial charge in [0.15, 0.2) is 0 Å². The molecule has 0 saturated heterocycles. The third-order valence-corrected chi connectivity index (χ3v) is 2.30. The van der Waals surface area contributed by atoms with Crippen molar-refractivity contribution in [2.75, 3.05) is 7.05 Å². The number of nitrogens with zero attached hydrogens (tertiary/aromatic N) is 1. The van der Waals surface area contributed by atoms with Crippen LogP contribution in [0.2, 0.25) is 0 Å². The summed E-state index contributed by atoms with van der Waals surface area (Å²) in [6.07, 6.45) is 2.17. The Kier molecular flexibility index (Phi) is 5.73. The van der Waals surface area contributed by atoms with E-state index in [0.717, 1.165) is 24.8 Å². The Morgan fingerprint density at radius 1 is 1.50 bits per heavy atom. The Hall–Kier alpha value is -0.0200. The molecule has 0 N–H and O–H groups in total. The predicted molar refractivity (Wildman–Crippen MR) is 45.4 cm³/mol. The third-order valence-electron chi connectivity index (χ3n) is 1.64. The maximum atomic E-state index is 9.95. The summed E-state index contributed by atoms with van der Waals surface area (Å²) in [7, 11) is 1.92. The van der Waals surface area contributed by atoms with E-state index in [0.29, 0.717) is 6.04 Å². The van der Waals surface area contributed by atoms with Crippen LogP contribution in [0, 0.1) is 0 Å². The highest BCUT2D eigenvalue weighted by molar-refractivity contribution is 8.09. The standard InChI is InChI=1S/C7H14NOS/c1-4-7(5-2)8(3)10-6-9/h7H,4-5H2,1-3H3. The summed E-state index contributed by atoms with van der Waals surface area (Å²) < 4.78 is 1.95. The monoisotopic (exact) mass is 160 g/mol. The molecule has 10 heavy (non-hydrogen) atoms. The minimum atomic E-state index is 0.506. The fourth-order valence-electron chi connectivity index (χ4n) is 0.936. The van der Waals surface area contributed by atoms with E-state index >= 15 is 0 Å². The van der Waals surface area contributed by atoms with Crippen LogP contribution in [0.1, 0.15) is 26.7 Å². The van der Waals surface area contributed by atoms with Gasteiger partial charge in [-0.3, -0.25) is 4.79 Å². The summed E-state index contributed by atoms with van der Waals surface area (Å²) in [5.41, 5.74) is 1.81. The molecule has 0 amide bonds. The Labute approximate surface area is 67.1 Å². The van der Waals surface area contributed by atoms with Gasteiger partial charge in [0, 0.05) is 18.0 Å². The van der Waals surface area contributed by atoms with Crippen molar-refractivity contribution in [2.45, 2.75) is 32.7 Å².